The first-order valence-electron chi connectivity index (χ1n) is 7.58. The fourth-order valence-corrected chi connectivity index (χ4v) is 3.12. The van der Waals surface area contributed by atoms with E-state index in [0.717, 1.165) is 19.4 Å². The van der Waals surface area contributed by atoms with Gasteiger partial charge in [0.05, 0.1) is 10.5 Å². The van der Waals surface area contributed by atoms with Gasteiger partial charge < -0.3 is 10.1 Å². The largest absolute Gasteiger partial charge is 0.489 e. The van der Waals surface area contributed by atoms with E-state index in [-0.39, 0.29) is 22.1 Å². The summed E-state index contributed by atoms with van der Waals surface area (Å²) in [6, 6.07) is 5.48. The molecule has 1 aromatic rings. The lowest BCUT2D eigenvalue weighted by Crippen LogP contribution is -2.63. The maximum absolute atomic E-state index is 11.0. The number of nitrogens with one attached hydrogen (secondary N) is 1. The lowest BCUT2D eigenvalue weighted by atomic mass is 9.61. The summed E-state index contributed by atoms with van der Waals surface area (Å²) in [7, 11) is 0. The fourth-order valence-electron chi connectivity index (χ4n) is 3.12. The van der Waals surface area contributed by atoms with Crippen LogP contribution in [0.4, 0.5) is 5.69 Å². The minimum atomic E-state index is -0.358. The van der Waals surface area contributed by atoms with Crippen molar-refractivity contribution in [2.45, 2.75) is 52.7 Å². The van der Waals surface area contributed by atoms with Crippen LogP contribution in [0, 0.1) is 22.5 Å². The van der Waals surface area contributed by atoms with Crippen molar-refractivity contribution in [1.29, 1.82) is 0 Å². The molecule has 0 aliphatic heterocycles. The van der Waals surface area contributed by atoms with E-state index in [1.54, 1.807) is 13.0 Å². The highest BCUT2D eigenvalue weighted by atomic mass is 16.6. The second kappa shape index (κ2) is 6.02. The summed E-state index contributed by atoms with van der Waals surface area (Å²) in [6.45, 7) is 9.19. The zero-order valence-electron chi connectivity index (χ0n) is 13.2. The Morgan fingerprint density at radius 3 is 2.76 bits per heavy atom. The first-order chi connectivity index (χ1) is 9.93. The number of rotatable bonds is 6. The van der Waals surface area contributed by atoms with Gasteiger partial charge in [-0.2, -0.15) is 0 Å². The molecule has 1 N–H and O–H groups in total. The van der Waals surface area contributed by atoms with Gasteiger partial charge in [-0.1, -0.05) is 26.8 Å². The molecule has 1 fully saturated rings. The molecule has 0 aromatic heterocycles. The molecular formula is C16H24N2O3. The average Bonchev–Trinajstić information content (AvgIpc) is 2.46. The third kappa shape index (κ3) is 2.75. The minimum absolute atomic E-state index is 0.0765. The van der Waals surface area contributed by atoms with Crippen LogP contribution in [-0.4, -0.2) is 23.6 Å². The first-order valence-corrected chi connectivity index (χ1v) is 7.58. The summed E-state index contributed by atoms with van der Waals surface area (Å²) in [4.78, 5) is 10.6. The summed E-state index contributed by atoms with van der Waals surface area (Å²) in [5.41, 5.74) is 0.800. The van der Waals surface area contributed by atoms with Gasteiger partial charge in [-0.05, 0) is 26.0 Å². The highest BCUT2D eigenvalue weighted by Crippen LogP contribution is 2.46. The summed E-state index contributed by atoms with van der Waals surface area (Å²) in [5, 5.41) is 14.5. The van der Waals surface area contributed by atoms with Gasteiger partial charge in [-0.3, -0.25) is 10.1 Å². The molecule has 5 heteroatoms. The summed E-state index contributed by atoms with van der Waals surface area (Å²) in [6.07, 6.45) is 2.07. The van der Waals surface area contributed by atoms with Gasteiger partial charge in [0.25, 0.3) is 5.69 Å². The zero-order chi connectivity index (χ0) is 15.6. The molecule has 1 aliphatic rings. The molecule has 0 saturated heterocycles. The average molecular weight is 292 g/mol. The summed E-state index contributed by atoms with van der Waals surface area (Å²) < 4.78 is 6.11. The Labute approximate surface area is 125 Å². The van der Waals surface area contributed by atoms with Crippen LogP contribution in [-0.2, 0) is 0 Å². The molecule has 1 aliphatic carbocycles. The van der Waals surface area contributed by atoms with Crippen molar-refractivity contribution in [3.05, 3.63) is 33.9 Å². The standard InChI is InChI=1S/C16H24N2O3/c1-5-16(4)14(17-6-2)10-15(16)21-13-9-7-8-12(11(13)3)18(19)20/h7-9,14-15,17H,5-6,10H2,1-4H3. The van der Waals surface area contributed by atoms with Crippen molar-refractivity contribution in [1.82, 2.24) is 5.32 Å². The van der Waals surface area contributed by atoms with Crippen molar-refractivity contribution in [3.8, 4) is 5.75 Å². The van der Waals surface area contributed by atoms with Crippen LogP contribution in [0.5, 0.6) is 5.75 Å². The molecule has 3 atom stereocenters. The molecule has 5 nitrogen and oxygen atoms in total. The molecule has 21 heavy (non-hydrogen) atoms. The highest BCUT2D eigenvalue weighted by molar-refractivity contribution is 5.48. The Kier molecular flexibility index (Phi) is 4.52. The molecule has 1 aromatic carbocycles. The third-order valence-corrected chi connectivity index (χ3v) is 4.92. The van der Waals surface area contributed by atoms with Crippen LogP contribution < -0.4 is 10.1 Å². The third-order valence-electron chi connectivity index (χ3n) is 4.92. The number of hydrogen-bond acceptors (Lipinski definition) is 4. The van der Waals surface area contributed by atoms with E-state index in [2.05, 4.69) is 26.1 Å². The van der Waals surface area contributed by atoms with E-state index < -0.39 is 0 Å². The molecule has 0 amide bonds. The first kappa shape index (κ1) is 15.8. The number of nitro benzene ring substituents is 1. The number of ether oxygens (including phenoxy) is 1. The Bertz CT molecular complexity index is 532. The van der Waals surface area contributed by atoms with Gasteiger partial charge in [-0.15, -0.1) is 0 Å². The Hall–Kier alpha value is -1.62. The van der Waals surface area contributed by atoms with Gasteiger partial charge in [0.2, 0.25) is 0 Å². The van der Waals surface area contributed by atoms with Crippen LogP contribution in [0.25, 0.3) is 0 Å². The Morgan fingerprint density at radius 2 is 2.19 bits per heavy atom. The van der Waals surface area contributed by atoms with Crippen LogP contribution >= 0.6 is 0 Å². The molecule has 0 spiro atoms. The lowest BCUT2D eigenvalue weighted by molar-refractivity contribution is -0.385. The molecular weight excluding hydrogens is 268 g/mol. The van der Waals surface area contributed by atoms with Crippen LogP contribution in [0.1, 0.15) is 39.2 Å². The lowest BCUT2D eigenvalue weighted by Gasteiger charge is -2.53. The van der Waals surface area contributed by atoms with Crippen LogP contribution in [0.3, 0.4) is 0 Å². The maximum atomic E-state index is 11.0. The second-order valence-corrected chi connectivity index (χ2v) is 5.97. The highest BCUT2D eigenvalue weighted by Gasteiger charge is 2.51. The van der Waals surface area contributed by atoms with E-state index >= 15 is 0 Å². The summed E-state index contributed by atoms with van der Waals surface area (Å²) in [5.74, 6) is 0.629. The van der Waals surface area contributed by atoms with E-state index in [1.165, 1.54) is 6.07 Å². The topological polar surface area (TPSA) is 64.4 Å². The van der Waals surface area contributed by atoms with E-state index in [4.69, 9.17) is 4.74 Å². The van der Waals surface area contributed by atoms with Crippen LogP contribution in [0.15, 0.2) is 18.2 Å². The predicted molar refractivity (Wildman–Crippen MR) is 82.7 cm³/mol. The number of nitrogens with zero attached hydrogens (tertiary/aromatic N) is 1. The molecule has 1 saturated carbocycles. The predicted octanol–water partition coefficient (Wildman–Crippen LogP) is 3.45. The van der Waals surface area contributed by atoms with E-state index in [0.29, 0.717) is 17.4 Å². The fraction of sp³-hybridized carbons (Fsp3) is 0.625. The number of nitro groups is 1. The van der Waals surface area contributed by atoms with Crippen molar-refractivity contribution in [2.24, 2.45) is 5.41 Å². The Balaban J connectivity index is 2.16. The van der Waals surface area contributed by atoms with Crippen molar-refractivity contribution < 1.29 is 9.66 Å². The zero-order valence-corrected chi connectivity index (χ0v) is 13.2. The number of hydrogen-bond donors (Lipinski definition) is 1. The smallest absolute Gasteiger partial charge is 0.276 e. The molecule has 0 radical (unpaired) electrons. The van der Waals surface area contributed by atoms with Crippen LogP contribution in [0.2, 0.25) is 0 Å². The molecule has 0 bridgehead atoms. The Morgan fingerprint density at radius 1 is 1.48 bits per heavy atom. The SMILES string of the molecule is CCNC1CC(Oc2cccc([N+](=O)[O-])c2C)C1(C)CC. The van der Waals surface area contributed by atoms with Crippen molar-refractivity contribution in [3.63, 3.8) is 0 Å². The number of benzene rings is 1. The quantitative estimate of drug-likeness (QED) is 0.644. The van der Waals surface area contributed by atoms with Gasteiger partial charge in [0.15, 0.2) is 0 Å². The van der Waals surface area contributed by atoms with Gasteiger partial charge in [0.1, 0.15) is 11.9 Å². The van der Waals surface area contributed by atoms with Gasteiger partial charge in [-0.25, -0.2) is 0 Å². The van der Waals surface area contributed by atoms with Gasteiger partial charge >= 0.3 is 0 Å². The molecule has 2 rings (SSSR count). The van der Waals surface area contributed by atoms with E-state index in [9.17, 15) is 10.1 Å². The molecule has 116 valence electrons. The summed E-state index contributed by atoms with van der Waals surface area (Å²) >= 11 is 0. The molecule has 0 heterocycles. The normalized spacial score (nSPS) is 28.0. The monoisotopic (exact) mass is 292 g/mol. The second-order valence-electron chi connectivity index (χ2n) is 5.97. The minimum Gasteiger partial charge on any atom is -0.489 e. The molecule has 3 unspecified atom stereocenters. The maximum Gasteiger partial charge on any atom is 0.276 e. The van der Waals surface area contributed by atoms with E-state index in [1.807, 2.05) is 6.07 Å². The van der Waals surface area contributed by atoms with Gasteiger partial charge in [0, 0.05) is 23.9 Å². The van der Waals surface area contributed by atoms with Crippen molar-refractivity contribution >= 4 is 5.69 Å². The van der Waals surface area contributed by atoms with Crippen molar-refractivity contribution in [2.75, 3.05) is 6.54 Å².